The number of amides is 1. The van der Waals surface area contributed by atoms with E-state index in [1.54, 1.807) is 6.21 Å². The molecule has 0 heterocycles. The molecule has 0 bridgehead atoms. The third-order valence-corrected chi connectivity index (χ3v) is 5.52. The minimum atomic E-state index is -0.440. The Kier molecular flexibility index (Phi) is 7.52. The smallest absolute Gasteiger partial charge is 0.252 e. The summed E-state index contributed by atoms with van der Waals surface area (Å²) in [4.78, 5) is 13.0. The summed E-state index contributed by atoms with van der Waals surface area (Å²) < 4.78 is 5.80. The van der Waals surface area contributed by atoms with E-state index in [0.717, 1.165) is 28.0 Å². The average Bonchev–Trinajstić information content (AvgIpc) is 2.86. The van der Waals surface area contributed by atoms with E-state index < -0.39 is 5.92 Å². The molecule has 0 unspecified atom stereocenters. The number of hydrogen-bond donors (Lipinski definition) is 1. The lowest BCUT2D eigenvalue weighted by molar-refractivity contribution is -0.121. The lowest BCUT2D eigenvalue weighted by Gasteiger charge is -2.16. The van der Waals surface area contributed by atoms with Gasteiger partial charge in [-0.3, -0.25) is 4.79 Å². The van der Waals surface area contributed by atoms with Crippen molar-refractivity contribution in [3.05, 3.63) is 136 Å². The van der Waals surface area contributed by atoms with Crippen LogP contribution in [0.4, 0.5) is 0 Å². The van der Waals surface area contributed by atoms with Crippen LogP contribution in [-0.4, -0.2) is 12.1 Å². The van der Waals surface area contributed by atoms with Crippen LogP contribution in [0.15, 0.2) is 114 Å². The summed E-state index contributed by atoms with van der Waals surface area (Å²) >= 11 is 6.17. The van der Waals surface area contributed by atoms with Gasteiger partial charge in [-0.25, -0.2) is 5.43 Å². The Morgan fingerprint density at radius 3 is 2.00 bits per heavy atom. The maximum absolute atomic E-state index is 13.0. The van der Waals surface area contributed by atoms with E-state index in [9.17, 15) is 4.79 Å². The van der Waals surface area contributed by atoms with Crippen LogP contribution in [0.25, 0.3) is 0 Å². The van der Waals surface area contributed by atoms with Gasteiger partial charge in [0.1, 0.15) is 12.4 Å². The molecule has 0 aromatic heterocycles. The minimum absolute atomic E-state index is 0.191. The minimum Gasteiger partial charge on any atom is -0.489 e. The average molecular weight is 455 g/mol. The van der Waals surface area contributed by atoms with Crippen LogP contribution in [0.1, 0.15) is 28.2 Å². The fraction of sp³-hybridized carbons (Fsp3) is 0.0714. The molecule has 0 fully saturated rings. The zero-order valence-electron chi connectivity index (χ0n) is 17.9. The third kappa shape index (κ3) is 6.09. The first kappa shape index (κ1) is 22.3. The lowest BCUT2D eigenvalue weighted by Crippen LogP contribution is -2.26. The summed E-state index contributed by atoms with van der Waals surface area (Å²) in [6.07, 6.45) is 1.61. The van der Waals surface area contributed by atoms with Crippen molar-refractivity contribution in [3.8, 4) is 5.75 Å². The molecule has 0 spiro atoms. The van der Waals surface area contributed by atoms with Crippen molar-refractivity contribution < 1.29 is 9.53 Å². The van der Waals surface area contributed by atoms with Gasteiger partial charge < -0.3 is 4.74 Å². The van der Waals surface area contributed by atoms with Gasteiger partial charge in [-0.05, 0) is 47.0 Å². The predicted octanol–water partition coefficient (Wildman–Crippen LogP) is 6.20. The van der Waals surface area contributed by atoms with Crippen molar-refractivity contribution in [2.75, 3.05) is 0 Å². The summed E-state index contributed by atoms with van der Waals surface area (Å²) in [5.74, 6) is 0.0952. The van der Waals surface area contributed by atoms with Crippen LogP contribution in [-0.2, 0) is 11.4 Å². The van der Waals surface area contributed by atoms with Crippen molar-refractivity contribution in [3.63, 3.8) is 0 Å². The maximum atomic E-state index is 13.0. The number of carbonyl (C=O) groups excluding carboxylic acids is 1. The van der Waals surface area contributed by atoms with E-state index in [0.29, 0.717) is 11.6 Å². The van der Waals surface area contributed by atoms with Crippen LogP contribution in [0, 0.1) is 0 Å². The Hall–Kier alpha value is -3.89. The van der Waals surface area contributed by atoms with Gasteiger partial charge in [-0.15, -0.1) is 0 Å². The van der Waals surface area contributed by atoms with Crippen LogP contribution in [0.3, 0.4) is 0 Å². The monoisotopic (exact) mass is 454 g/mol. The van der Waals surface area contributed by atoms with Crippen molar-refractivity contribution >= 4 is 23.7 Å². The molecule has 1 N–H and O–H groups in total. The van der Waals surface area contributed by atoms with E-state index in [2.05, 4.69) is 10.5 Å². The Balaban J connectivity index is 1.38. The van der Waals surface area contributed by atoms with Crippen molar-refractivity contribution in [2.24, 2.45) is 5.10 Å². The summed E-state index contributed by atoms with van der Waals surface area (Å²) in [7, 11) is 0. The molecule has 0 atom stereocenters. The SMILES string of the molecule is O=C(N/N=C/c1ccc(OCc2ccccc2Cl)cc1)C(c1ccccc1)c1ccccc1. The number of rotatable bonds is 8. The molecule has 164 valence electrons. The second-order valence-corrected chi connectivity index (χ2v) is 7.84. The topological polar surface area (TPSA) is 50.7 Å². The highest BCUT2D eigenvalue weighted by molar-refractivity contribution is 6.31. The first-order valence-electron chi connectivity index (χ1n) is 10.6. The molecule has 0 saturated carbocycles. The van der Waals surface area contributed by atoms with Gasteiger partial charge in [0.25, 0.3) is 5.91 Å². The molecule has 33 heavy (non-hydrogen) atoms. The largest absolute Gasteiger partial charge is 0.489 e. The highest BCUT2D eigenvalue weighted by atomic mass is 35.5. The molecule has 0 aliphatic rings. The molecule has 4 rings (SSSR count). The van der Waals surface area contributed by atoms with E-state index in [1.165, 1.54) is 0 Å². The molecule has 4 aromatic rings. The predicted molar refractivity (Wildman–Crippen MR) is 133 cm³/mol. The van der Waals surface area contributed by atoms with Crippen molar-refractivity contribution in [2.45, 2.75) is 12.5 Å². The molecule has 1 amide bonds. The zero-order valence-corrected chi connectivity index (χ0v) is 18.7. The molecule has 4 nitrogen and oxygen atoms in total. The normalized spacial score (nSPS) is 11.0. The van der Waals surface area contributed by atoms with E-state index in [4.69, 9.17) is 16.3 Å². The van der Waals surface area contributed by atoms with Gasteiger partial charge in [0.2, 0.25) is 0 Å². The maximum Gasteiger partial charge on any atom is 0.252 e. The van der Waals surface area contributed by atoms with Crippen molar-refractivity contribution in [1.82, 2.24) is 5.43 Å². The van der Waals surface area contributed by atoms with Gasteiger partial charge in [-0.2, -0.15) is 5.10 Å². The molecule has 0 saturated heterocycles. The van der Waals surface area contributed by atoms with E-state index >= 15 is 0 Å². The Morgan fingerprint density at radius 1 is 0.818 bits per heavy atom. The molecule has 5 heteroatoms. The van der Waals surface area contributed by atoms with Crippen LogP contribution < -0.4 is 10.2 Å². The van der Waals surface area contributed by atoms with E-state index in [-0.39, 0.29) is 5.91 Å². The van der Waals surface area contributed by atoms with Crippen LogP contribution in [0.2, 0.25) is 5.02 Å². The summed E-state index contributed by atoms with van der Waals surface area (Å²) in [5, 5.41) is 4.85. The van der Waals surface area contributed by atoms with Gasteiger partial charge in [0.05, 0.1) is 12.1 Å². The molecule has 4 aromatic carbocycles. The van der Waals surface area contributed by atoms with Crippen LogP contribution in [0.5, 0.6) is 5.75 Å². The number of benzene rings is 4. The number of hydrogen-bond acceptors (Lipinski definition) is 3. The number of halogens is 1. The second kappa shape index (κ2) is 11.1. The Labute approximate surface area is 198 Å². The first-order chi connectivity index (χ1) is 16.2. The van der Waals surface area contributed by atoms with Gasteiger partial charge in [-0.1, -0.05) is 90.5 Å². The molecular formula is C28H23ClN2O2. The fourth-order valence-electron chi connectivity index (χ4n) is 3.45. The zero-order chi connectivity index (χ0) is 22.9. The molecule has 0 aliphatic carbocycles. The highest BCUT2D eigenvalue weighted by Crippen LogP contribution is 2.24. The van der Waals surface area contributed by atoms with Gasteiger partial charge >= 0.3 is 0 Å². The number of nitrogens with one attached hydrogen (secondary N) is 1. The van der Waals surface area contributed by atoms with Gasteiger partial charge in [0, 0.05) is 10.6 Å². The molecular weight excluding hydrogens is 432 g/mol. The number of nitrogens with zero attached hydrogens (tertiary/aromatic N) is 1. The third-order valence-electron chi connectivity index (χ3n) is 5.15. The standard InChI is InChI=1S/C28H23ClN2O2/c29-26-14-8-7-13-24(26)20-33-25-17-15-21(16-18-25)19-30-31-28(32)27(22-9-3-1-4-10-22)23-11-5-2-6-12-23/h1-19,27H,20H2,(H,31,32)/b30-19+. The fourth-order valence-corrected chi connectivity index (χ4v) is 3.64. The van der Waals surface area contributed by atoms with Crippen molar-refractivity contribution in [1.29, 1.82) is 0 Å². The summed E-state index contributed by atoms with van der Waals surface area (Å²) in [6, 6.07) is 34.4. The van der Waals surface area contributed by atoms with Crippen LogP contribution >= 0.6 is 11.6 Å². The van der Waals surface area contributed by atoms with E-state index in [1.807, 2.05) is 109 Å². The molecule has 0 aliphatic heterocycles. The summed E-state index contributed by atoms with van der Waals surface area (Å²) in [6.45, 7) is 0.392. The lowest BCUT2D eigenvalue weighted by atomic mass is 9.91. The Bertz CT molecular complexity index is 1170. The number of carbonyl (C=O) groups is 1. The number of ether oxygens (including phenoxy) is 1. The second-order valence-electron chi connectivity index (χ2n) is 7.44. The van der Waals surface area contributed by atoms with Gasteiger partial charge in [0.15, 0.2) is 0 Å². The highest BCUT2D eigenvalue weighted by Gasteiger charge is 2.22. The Morgan fingerprint density at radius 2 is 1.39 bits per heavy atom. The summed E-state index contributed by atoms with van der Waals surface area (Å²) in [5.41, 5.74) is 6.28. The quantitative estimate of drug-likeness (QED) is 0.254. The molecule has 0 radical (unpaired) electrons. The number of hydrazone groups is 1. The first-order valence-corrected chi connectivity index (χ1v) is 11.0.